The van der Waals surface area contributed by atoms with Gasteiger partial charge in [0, 0.05) is 24.7 Å². The quantitative estimate of drug-likeness (QED) is 0.825. The van der Waals surface area contributed by atoms with Crippen LogP contribution >= 0.6 is 0 Å². The molecule has 20 heavy (non-hydrogen) atoms. The minimum atomic E-state index is -0.939. The maximum atomic E-state index is 11.9. The third-order valence-electron chi connectivity index (χ3n) is 2.95. The van der Waals surface area contributed by atoms with Crippen molar-refractivity contribution < 1.29 is 14.3 Å². The normalized spacial score (nSPS) is 11.2. The van der Waals surface area contributed by atoms with Crippen LogP contribution in [0.1, 0.15) is 24.2 Å². The molecular formula is C13H16N4O3. The van der Waals surface area contributed by atoms with Crippen LogP contribution in [0.3, 0.4) is 0 Å². The van der Waals surface area contributed by atoms with E-state index in [0.717, 1.165) is 0 Å². The average molecular weight is 276 g/mol. The van der Waals surface area contributed by atoms with Crippen LogP contribution < -0.4 is 5.32 Å². The Labute approximate surface area is 115 Å². The van der Waals surface area contributed by atoms with Gasteiger partial charge in [-0.15, -0.1) is 0 Å². The highest BCUT2D eigenvalue weighted by Crippen LogP contribution is 2.18. The molecule has 2 heterocycles. The first kappa shape index (κ1) is 13.9. The number of H-pyrrole nitrogens is 1. The van der Waals surface area contributed by atoms with Crippen molar-refractivity contribution in [3.8, 4) is 0 Å². The van der Waals surface area contributed by atoms with Gasteiger partial charge in [0.05, 0.1) is 12.7 Å². The molecule has 0 saturated heterocycles. The molecule has 2 N–H and O–H groups in total. The third kappa shape index (κ3) is 2.56. The molecule has 0 aromatic carbocycles. The monoisotopic (exact) mass is 276 g/mol. The highest BCUT2D eigenvalue weighted by atomic mass is 16.5. The Kier molecular flexibility index (Phi) is 3.60. The lowest BCUT2D eigenvalue weighted by atomic mass is 10.1. The fourth-order valence-corrected chi connectivity index (χ4v) is 1.70. The number of amides is 1. The van der Waals surface area contributed by atoms with Crippen molar-refractivity contribution in [1.82, 2.24) is 14.8 Å². The fraction of sp³-hybridized carbons (Fsp3) is 0.308. The molecule has 106 valence electrons. The number of aromatic nitrogens is 3. The summed E-state index contributed by atoms with van der Waals surface area (Å²) in [5, 5.41) is 6.83. The number of nitrogens with one attached hydrogen (secondary N) is 2. The highest BCUT2D eigenvalue weighted by Gasteiger charge is 2.31. The molecule has 0 aliphatic rings. The number of hydrogen-bond acceptors (Lipinski definition) is 4. The van der Waals surface area contributed by atoms with E-state index in [2.05, 4.69) is 15.4 Å². The van der Waals surface area contributed by atoms with Crippen molar-refractivity contribution in [2.24, 2.45) is 0 Å². The Balaban J connectivity index is 2.13. The Bertz CT molecular complexity index is 613. The van der Waals surface area contributed by atoms with Crippen LogP contribution in [0.25, 0.3) is 0 Å². The van der Waals surface area contributed by atoms with Gasteiger partial charge in [-0.1, -0.05) is 0 Å². The first-order chi connectivity index (χ1) is 9.45. The van der Waals surface area contributed by atoms with Gasteiger partial charge in [-0.3, -0.25) is 9.48 Å². The minimum Gasteiger partial charge on any atom is -0.467 e. The van der Waals surface area contributed by atoms with Crippen molar-refractivity contribution in [2.45, 2.75) is 19.4 Å². The molecule has 0 fully saturated rings. The summed E-state index contributed by atoms with van der Waals surface area (Å²) >= 11 is 0. The van der Waals surface area contributed by atoms with Gasteiger partial charge in [-0.25, -0.2) is 4.79 Å². The van der Waals surface area contributed by atoms with Gasteiger partial charge >= 0.3 is 5.97 Å². The predicted molar refractivity (Wildman–Crippen MR) is 72.3 cm³/mol. The van der Waals surface area contributed by atoms with Crippen molar-refractivity contribution in [1.29, 1.82) is 0 Å². The number of hydrogen-bond donors (Lipinski definition) is 2. The summed E-state index contributed by atoms with van der Waals surface area (Å²) < 4.78 is 6.18. The molecule has 0 atom stereocenters. The van der Waals surface area contributed by atoms with E-state index >= 15 is 0 Å². The average Bonchev–Trinajstić information content (AvgIpc) is 3.08. The van der Waals surface area contributed by atoms with E-state index in [1.807, 2.05) is 0 Å². The molecule has 0 unspecified atom stereocenters. The smallest absolute Gasteiger partial charge is 0.333 e. The molecule has 7 nitrogen and oxygen atoms in total. The lowest BCUT2D eigenvalue weighted by molar-refractivity contribution is -0.150. The molecule has 7 heteroatoms. The molecule has 0 bridgehead atoms. The SMILES string of the molecule is COC(=O)C(C)(C)n1ccc(NC(=O)c2cc[nH]c2)n1. The molecule has 0 aliphatic carbocycles. The van der Waals surface area contributed by atoms with Crippen LogP contribution in [0.5, 0.6) is 0 Å². The van der Waals surface area contributed by atoms with Crippen molar-refractivity contribution in [2.75, 3.05) is 12.4 Å². The molecule has 1 amide bonds. The van der Waals surface area contributed by atoms with E-state index < -0.39 is 11.5 Å². The lowest BCUT2D eigenvalue weighted by Gasteiger charge is -2.21. The summed E-state index contributed by atoms with van der Waals surface area (Å²) in [6.07, 6.45) is 4.86. The predicted octanol–water partition coefficient (Wildman–Crippen LogP) is 1.37. The van der Waals surface area contributed by atoms with Gasteiger partial charge in [-0.05, 0) is 19.9 Å². The number of carbonyl (C=O) groups is 2. The number of nitrogens with zero attached hydrogens (tertiary/aromatic N) is 2. The highest BCUT2D eigenvalue weighted by molar-refractivity contribution is 6.03. The van der Waals surface area contributed by atoms with Gasteiger partial charge in [0.25, 0.3) is 5.91 Å². The van der Waals surface area contributed by atoms with Gasteiger partial charge in [0.15, 0.2) is 11.4 Å². The van der Waals surface area contributed by atoms with Crippen LogP contribution in [-0.2, 0) is 15.1 Å². The molecule has 0 saturated carbocycles. The van der Waals surface area contributed by atoms with Gasteiger partial charge < -0.3 is 15.0 Å². The number of anilines is 1. The van der Waals surface area contributed by atoms with E-state index in [0.29, 0.717) is 11.4 Å². The molecule has 0 aliphatic heterocycles. The lowest BCUT2D eigenvalue weighted by Crippen LogP contribution is -2.37. The summed E-state index contributed by atoms with van der Waals surface area (Å²) in [6.45, 7) is 3.37. The largest absolute Gasteiger partial charge is 0.467 e. The van der Waals surface area contributed by atoms with Crippen LogP contribution in [0.4, 0.5) is 5.82 Å². The summed E-state index contributed by atoms with van der Waals surface area (Å²) in [7, 11) is 1.32. The van der Waals surface area contributed by atoms with Gasteiger partial charge in [0.1, 0.15) is 0 Å². The first-order valence-electron chi connectivity index (χ1n) is 6.04. The van der Waals surface area contributed by atoms with Crippen LogP contribution in [0.2, 0.25) is 0 Å². The Morgan fingerprint density at radius 2 is 2.15 bits per heavy atom. The van der Waals surface area contributed by atoms with Gasteiger partial charge in [0.2, 0.25) is 0 Å². The maximum Gasteiger partial charge on any atom is 0.333 e. The zero-order valence-corrected chi connectivity index (χ0v) is 11.5. The first-order valence-corrected chi connectivity index (χ1v) is 6.04. The molecule has 0 radical (unpaired) electrons. The van der Waals surface area contributed by atoms with Crippen molar-refractivity contribution >= 4 is 17.7 Å². The zero-order valence-electron chi connectivity index (χ0n) is 11.5. The van der Waals surface area contributed by atoms with E-state index in [1.165, 1.54) is 11.8 Å². The molecule has 2 aromatic rings. The Morgan fingerprint density at radius 1 is 1.40 bits per heavy atom. The third-order valence-corrected chi connectivity index (χ3v) is 2.95. The minimum absolute atomic E-state index is 0.271. The number of esters is 1. The summed E-state index contributed by atoms with van der Waals surface area (Å²) in [5.41, 5.74) is -0.432. The van der Waals surface area contributed by atoms with Crippen LogP contribution in [0, 0.1) is 0 Å². The molecule has 2 aromatic heterocycles. The standard InChI is InChI=1S/C13H16N4O3/c1-13(2,12(19)20-3)17-7-5-10(16-17)15-11(18)9-4-6-14-8-9/h4-8,14H,1-3H3,(H,15,16,18). The summed E-state index contributed by atoms with van der Waals surface area (Å²) in [6, 6.07) is 3.28. The molecule has 0 spiro atoms. The van der Waals surface area contributed by atoms with E-state index in [-0.39, 0.29) is 5.91 Å². The molecule has 2 rings (SSSR count). The summed E-state index contributed by atoms with van der Waals surface area (Å²) in [4.78, 5) is 26.3. The number of carbonyl (C=O) groups excluding carboxylic acids is 2. The zero-order chi connectivity index (χ0) is 14.8. The van der Waals surface area contributed by atoms with E-state index in [1.54, 1.807) is 44.6 Å². The number of ether oxygens (including phenoxy) is 1. The Hall–Kier alpha value is -2.57. The van der Waals surface area contributed by atoms with E-state index in [4.69, 9.17) is 4.74 Å². The Morgan fingerprint density at radius 3 is 2.75 bits per heavy atom. The van der Waals surface area contributed by atoms with Crippen molar-refractivity contribution in [3.63, 3.8) is 0 Å². The topological polar surface area (TPSA) is 89.0 Å². The second-order valence-electron chi connectivity index (χ2n) is 4.75. The van der Waals surface area contributed by atoms with E-state index in [9.17, 15) is 9.59 Å². The van der Waals surface area contributed by atoms with Crippen LogP contribution in [0.15, 0.2) is 30.7 Å². The summed E-state index contributed by atoms with van der Waals surface area (Å²) in [5.74, 6) is -0.315. The van der Waals surface area contributed by atoms with Gasteiger partial charge in [-0.2, -0.15) is 5.10 Å². The second kappa shape index (κ2) is 5.20. The number of rotatable bonds is 4. The number of methoxy groups -OCH3 is 1. The van der Waals surface area contributed by atoms with Crippen molar-refractivity contribution in [3.05, 3.63) is 36.3 Å². The second-order valence-corrected chi connectivity index (χ2v) is 4.75. The maximum absolute atomic E-state index is 11.9. The fourth-order valence-electron chi connectivity index (χ4n) is 1.70. The molecular weight excluding hydrogens is 260 g/mol. The van der Waals surface area contributed by atoms with Crippen LogP contribution in [-0.4, -0.2) is 33.8 Å². The number of aromatic amines is 1.